The molecule has 66 valence electrons. The van der Waals surface area contributed by atoms with Crippen LogP contribution in [0.15, 0.2) is 5.18 Å². The fourth-order valence-corrected chi connectivity index (χ4v) is 2.40. The third-order valence-corrected chi connectivity index (χ3v) is 3.40. The van der Waals surface area contributed by atoms with Gasteiger partial charge < -0.3 is 5.11 Å². The topological polar surface area (TPSA) is 49.7 Å². The Morgan fingerprint density at radius 3 is 2.73 bits per heavy atom. The quantitative estimate of drug-likeness (QED) is 0.380. The fraction of sp³-hybridized carbons (Fsp3) is 1.00. The van der Waals surface area contributed by atoms with E-state index in [1.807, 2.05) is 11.8 Å². The molecule has 0 heterocycles. The second-order valence-corrected chi connectivity index (χ2v) is 4.59. The van der Waals surface area contributed by atoms with E-state index in [-0.39, 0.29) is 6.61 Å². The van der Waals surface area contributed by atoms with Gasteiger partial charge in [-0.3, -0.25) is 0 Å². The number of aliphatic hydroxyl groups is 1. The average Bonchev–Trinajstić information content (AvgIpc) is 2.05. The number of nitrogens with zero attached hydrogens (tertiary/aromatic N) is 1. The minimum atomic E-state index is -0.419. The van der Waals surface area contributed by atoms with Crippen LogP contribution < -0.4 is 0 Å². The summed E-state index contributed by atoms with van der Waals surface area (Å²) in [5, 5.41) is 12.3. The van der Waals surface area contributed by atoms with Gasteiger partial charge in [-0.25, -0.2) is 0 Å². The highest BCUT2D eigenvalue weighted by atomic mass is 32.2. The number of aliphatic hydroxyl groups excluding tert-OH is 1. The van der Waals surface area contributed by atoms with Crippen molar-refractivity contribution in [3.8, 4) is 0 Å². The molecule has 0 bridgehead atoms. The summed E-state index contributed by atoms with van der Waals surface area (Å²) in [7, 11) is 0. The molecule has 1 N–H and O–H groups in total. The van der Waals surface area contributed by atoms with Crippen LogP contribution in [0.25, 0.3) is 0 Å². The molecule has 0 saturated carbocycles. The van der Waals surface area contributed by atoms with Crippen LogP contribution >= 0.6 is 23.5 Å². The van der Waals surface area contributed by atoms with E-state index in [4.69, 9.17) is 5.11 Å². The molecule has 0 aliphatic rings. The molecule has 0 rings (SSSR count). The highest BCUT2D eigenvalue weighted by molar-refractivity contribution is 8.15. The lowest BCUT2D eigenvalue weighted by Gasteiger charge is -2.03. The van der Waals surface area contributed by atoms with Gasteiger partial charge in [0.2, 0.25) is 0 Å². The van der Waals surface area contributed by atoms with E-state index in [9.17, 15) is 4.91 Å². The third-order valence-electron chi connectivity index (χ3n) is 1.04. The predicted octanol–water partition coefficient (Wildman–Crippen LogP) is 1.56. The third kappa shape index (κ3) is 6.65. The van der Waals surface area contributed by atoms with Crippen LogP contribution in [0.2, 0.25) is 0 Å². The number of nitroso groups, excluding NO2 is 1. The van der Waals surface area contributed by atoms with E-state index >= 15 is 0 Å². The first-order valence-corrected chi connectivity index (χ1v) is 5.74. The highest BCUT2D eigenvalue weighted by Crippen LogP contribution is 2.13. The molecule has 3 nitrogen and oxygen atoms in total. The van der Waals surface area contributed by atoms with E-state index in [1.165, 1.54) is 0 Å². The molecule has 1 atom stereocenters. The Hall–Kier alpha value is 0.260. The minimum absolute atomic E-state index is 0.132. The van der Waals surface area contributed by atoms with Crippen LogP contribution in [0.1, 0.15) is 6.92 Å². The van der Waals surface area contributed by atoms with Gasteiger partial charge in [0.25, 0.3) is 0 Å². The molecular weight excluding hydrogens is 182 g/mol. The summed E-state index contributed by atoms with van der Waals surface area (Å²) in [6.07, 6.45) is 0. The monoisotopic (exact) mass is 195 g/mol. The molecule has 1 unspecified atom stereocenters. The lowest BCUT2D eigenvalue weighted by atomic mass is 10.4. The summed E-state index contributed by atoms with van der Waals surface area (Å²) in [5.74, 6) is 1.72. The van der Waals surface area contributed by atoms with Gasteiger partial charge in [-0.05, 0) is 5.75 Å². The lowest BCUT2D eigenvalue weighted by Crippen LogP contribution is -2.12. The first-order chi connectivity index (χ1) is 5.35. The van der Waals surface area contributed by atoms with Crippen molar-refractivity contribution in [2.75, 3.05) is 23.2 Å². The molecule has 0 fully saturated rings. The SMILES string of the molecule is CCSCSCC(CO)N=O. The van der Waals surface area contributed by atoms with Crippen molar-refractivity contribution in [2.45, 2.75) is 13.0 Å². The van der Waals surface area contributed by atoms with Crippen molar-refractivity contribution in [3.05, 3.63) is 4.91 Å². The molecule has 0 aromatic heterocycles. The molecule has 0 aromatic carbocycles. The number of hydrogen-bond acceptors (Lipinski definition) is 5. The normalized spacial score (nSPS) is 12.9. The molecule has 5 heteroatoms. The molecule has 11 heavy (non-hydrogen) atoms. The van der Waals surface area contributed by atoms with Gasteiger partial charge in [-0.15, -0.1) is 11.8 Å². The van der Waals surface area contributed by atoms with Crippen LogP contribution in [0.3, 0.4) is 0 Å². The van der Waals surface area contributed by atoms with Crippen molar-refractivity contribution < 1.29 is 5.11 Å². The standard InChI is InChI=1S/C6H13NO2S2/c1-2-10-5-11-4-6(3-8)7-9/h6,8H,2-5H2,1H3. The highest BCUT2D eigenvalue weighted by Gasteiger charge is 2.05. The summed E-state index contributed by atoms with van der Waals surface area (Å²) < 4.78 is 0. The summed E-state index contributed by atoms with van der Waals surface area (Å²) >= 11 is 3.45. The molecule has 0 amide bonds. The van der Waals surface area contributed by atoms with Gasteiger partial charge in [-0.1, -0.05) is 12.1 Å². The largest absolute Gasteiger partial charge is 0.394 e. The molecule has 0 aromatic rings. The molecule has 0 spiro atoms. The summed E-state index contributed by atoms with van der Waals surface area (Å²) in [6.45, 7) is 1.96. The summed E-state index contributed by atoms with van der Waals surface area (Å²) in [6, 6.07) is -0.419. The van der Waals surface area contributed by atoms with Gasteiger partial charge in [0.1, 0.15) is 6.04 Å². The molecule has 0 saturated heterocycles. The number of rotatable bonds is 7. The minimum Gasteiger partial charge on any atom is -0.394 e. The Morgan fingerprint density at radius 1 is 1.55 bits per heavy atom. The Morgan fingerprint density at radius 2 is 2.27 bits per heavy atom. The van der Waals surface area contributed by atoms with Gasteiger partial charge in [-0.2, -0.15) is 16.7 Å². The Labute approximate surface area is 75.3 Å². The average molecular weight is 195 g/mol. The number of thioether (sulfide) groups is 2. The second kappa shape index (κ2) is 8.36. The summed E-state index contributed by atoms with van der Waals surface area (Å²) in [5.41, 5.74) is 0. The fourth-order valence-electron chi connectivity index (χ4n) is 0.443. The van der Waals surface area contributed by atoms with E-state index in [1.54, 1.807) is 11.8 Å². The van der Waals surface area contributed by atoms with Crippen LogP contribution in [0.4, 0.5) is 0 Å². The molecule has 0 aliphatic heterocycles. The maximum Gasteiger partial charge on any atom is 0.124 e. The maximum atomic E-state index is 9.97. The maximum absolute atomic E-state index is 9.97. The van der Waals surface area contributed by atoms with Crippen LogP contribution in [-0.4, -0.2) is 34.3 Å². The van der Waals surface area contributed by atoms with Crippen LogP contribution in [-0.2, 0) is 0 Å². The Kier molecular flexibility index (Phi) is 8.56. The van der Waals surface area contributed by atoms with E-state index in [0.717, 1.165) is 10.8 Å². The van der Waals surface area contributed by atoms with Crippen molar-refractivity contribution in [3.63, 3.8) is 0 Å². The summed E-state index contributed by atoms with van der Waals surface area (Å²) in [4.78, 5) is 9.97. The lowest BCUT2D eigenvalue weighted by molar-refractivity contribution is 0.275. The van der Waals surface area contributed by atoms with Crippen molar-refractivity contribution >= 4 is 23.5 Å². The van der Waals surface area contributed by atoms with Gasteiger partial charge in [0.05, 0.1) is 6.61 Å². The molecule has 0 aliphatic carbocycles. The van der Waals surface area contributed by atoms with Crippen molar-refractivity contribution in [1.82, 2.24) is 0 Å². The molecular formula is C6H13NO2S2. The number of hydrogen-bond donors (Lipinski definition) is 1. The predicted molar refractivity (Wildman–Crippen MR) is 52.1 cm³/mol. The van der Waals surface area contributed by atoms with E-state index in [0.29, 0.717) is 5.75 Å². The Bertz CT molecular complexity index is 103. The molecule has 0 radical (unpaired) electrons. The van der Waals surface area contributed by atoms with Gasteiger partial charge in [0, 0.05) is 10.8 Å². The second-order valence-electron chi connectivity index (χ2n) is 1.92. The Balaban J connectivity index is 3.14. The van der Waals surface area contributed by atoms with E-state index in [2.05, 4.69) is 12.1 Å². The zero-order valence-corrected chi connectivity index (χ0v) is 8.16. The van der Waals surface area contributed by atoms with Gasteiger partial charge in [0.15, 0.2) is 0 Å². The van der Waals surface area contributed by atoms with Crippen molar-refractivity contribution in [2.24, 2.45) is 5.18 Å². The smallest absolute Gasteiger partial charge is 0.124 e. The zero-order valence-electron chi connectivity index (χ0n) is 6.52. The first kappa shape index (κ1) is 11.3. The van der Waals surface area contributed by atoms with Crippen LogP contribution in [0, 0.1) is 4.91 Å². The van der Waals surface area contributed by atoms with Crippen molar-refractivity contribution in [1.29, 1.82) is 0 Å². The van der Waals surface area contributed by atoms with Crippen LogP contribution in [0.5, 0.6) is 0 Å². The van der Waals surface area contributed by atoms with E-state index < -0.39 is 6.04 Å². The van der Waals surface area contributed by atoms with Gasteiger partial charge >= 0.3 is 0 Å². The zero-order chi connectivity index (χ0) is 8.53. The first-order valence-electron chi connectivity index (χ1n) is 3.44.